The number of hydrogen-bond acceptors (Lipinski definition) is 6. The maximum absolute atomic E-state index is 13.0. The van der Waals surface area contributed by atoms with Crippen molar-refractivity contribution in [2.75, 3.05) is 13.1 Å². The Morgan fingerprint density at radius 1 is 0.781 bits per heavy atom. The summed E-state index contributed by atoms with van der Waals surface area (Å²) in [4.78, 5) is 49.6. The summed E-state index contributed by atoms with van der Waals surface area (Å²) in [6.45, 7) is 6.54. The first-order valence-electron chi connectivity index (χ1n) is 11.2. The van der Waals surface area contributed by atoms with Gasteiger partial charge in [0, 0.05) is 5.92 Å². The van der Waals surface area contributed by atoms with Crippen molar-refractivity contribution in [3.8, 4) is 12.3 Å². The van der Waals surface area contributed by atoms with Crippen LogP contribution in [0.5, 0.6) is 0 Å². The molecule has 10 nitrogen and oxygen atoms in total. The Morgan fingerprint density at radius 2 is 1.22 bits per heavy atom. The van der Waals surface area contributed by atoms with E-state index in [1.165, 1.54) is 0 Å². The lowest BCUT2D eigenvalue weighted by molar-refractivity contribution is -0.134. The van der Waals surface area contributed by atoms with E-state index in [4.69, 9.17) is 23.6 Å². The van der Waals surface area contributed by atoms with Gasteiger partial charge in [-0.2, -0.15) is 0 Å². The first-order chi connectivity index (χ1) is 15.1. The van der Waals surface area contributed by atoms with Crippen LogP contribution in [0.2, 0.25) is 0 Å². The van der Waals surface area contributed by atoms with Crippen molar-refractivity contribution in [1.29, 1.82) is 0 Å². The van der Waals surface area contributed by atoms with E-state index in [2.05, 4.69) is 21.9 Å². The second kappa shape index (κ2) is 16.1. The molecule has 4 amide bonds. The summed E-state index contributed by atoms with van der Waals surface area (Å²) in [6.07, 6.45) is 8.46. The van der Waals surface area contributed by atoms with Gasteiger partial charge in [0.2, 0.25) is 17.7 Å². The van der Waals surface area contributed by atoms with Gasteiger partial charge in [-0.1, -0.05) is 26.7 Å². The van der Waals surface area contributed by atoms with Crippen molar-refractivity contribution in [3.63, 3.8) is 0 Å². The van der Waals surface area contributed by atoms with Gasteiger partial charge in [-0.25, -0.2) is 0 Å². The van der Waals surface area contributed by atoms with Crippen LogP contribution < -0.4 is 33.2 Å². The highest BCUT2D eigenvalue weighted by Crippen LogP contribution is 2.11. The Morgan fingerprint density at radius 3 is 1.59 bits per heavy atom. The van der Waals surface area contributed by atoms with E-state index in [1.807, 2.05) is 13.8 Å². The first-order valence-corrected chi connectivity index (χ1v) is 11.2. The molecule has 0 fully saturated rings. The molecule has 9 N–H and O–H groups in total. The number of nitrogens with two attached hydrogens (primary N) is 3. The van der Waals surface area contributed by atoms with Crippen LogP contribution in [-0.2, 0) is 19.2 Å². The summed E-state index contributed by atoms with van der Waals surface area (Å²) < 4.78 is 0. The van der Waals surface area contributed by atoms with Gasteiger partial charge in [0.15, 0.2) is 6.04 Å². The Bertz CT molecular complexity index is 661. The van der Waals surface area contributed by atoms with Gasteiger partial charge in [-0.05, 0) is 57.5 Å². The molecule has 0 aromatic carbocycles. The van der Waals surface area contributed by atoms with Gasteiger partial charge >= 0.3 is 0 Å². The molecule has 0 aliphatic rings. The fourth-order valence-corrected chi connectivity index (χ4v) is 2.84. The van der Waals surface area contributed by atoms with Crippen LogP contribution in [0.4, 0.5) is 0 Å². The molecule has 0 rings (SSSR count). The van der Waals surface area contributed by atoms with Crippen molar-refractivity contribution < 1.29 is 19.2 Å². The van der Waals surface area contributed by atoms with E-state index < -0.39 is 35.8 Å². The van der Waals surface area contributed by atoms with Crippen molar-refractivity contribution in [2.45, 2.75) is 77.4 Å². The van der Waals surface area contributed by atoms with E-state index in [-0.39, 0.29) is 24.2 Å². The summed E-state index contributed by atoms with van der Waals surface area (Å²) in [5.74, 6) is -0.298. The molecule has 0 aromatic rings. The van der Waals surface area contributed by atoms with Crippen molar-refractivity contribution in [3.05, 3.63) is 0 Å². The predicted octanol–water partition coefficient (Wildman–Crippen LogP) is -0.891. The Hall–Kier alpha value is -2.64. The van der Waals surface area contributed by atoms with Crippen LogP contribution in [0, 0.1) is 24.2 Å². The molecule has 0 aliphatic heterocycles. The van der Waals surface area contributed by atoms with Gasteiger partial charge in [-0.15, -0.1) is 6.42 Å². The lowest BCUT2D eigenvalue weighted by Gasteiger charge is -2.25. The molecule has 0 bridgehead atoms. The van der Waals surface area contributed by atoms with E-state index in [0.717, 1.165) is 0 Å². The number of nitrogens with one attached hydrogen (secondary N) is 3. The van der Waals surface area contributed by atoms with Crippen LogP contribution in [0.15, 0.2) is 0 Å². The summed E-state index contributed by atoms with van der Waals surface area (Å²) in [5, 5.41) is 7.84. The molecule has 0 aliphatic carbocycles. The zero-order chi connectivity index (χ0) is 24.7. The summed E-state index contributed by atoms with van der Waals surface area (Å²) in [6, 6.07) is -3.07. The lowest BCUT2D eigenvalue weighted by atomic mass is 9.96. The van der Waals surface area contributed by atoms with E-state index in [1.54, 1.807) is 6.92 Å². The Kier molecular flexibility index (Phi) is 14.7. The van der Waals surface area contributed by atoms with Crippen LogP contribution >= 0.6 is 0 Å². The van der Waals surface area contributed by atoms with E-state index >= 15 is 0 Å². The van der Waals surface area contributed by atoms with Gasteiger partial charge in [0.25, 0.3) is 5.91 Å². The summed E-state index contributed by atoms with van der Waals surface area (Å²) >= 11 is 0. The van der Waals surface area contributed by atoms with Gasteiger partial charge in [0.05, 0.1) is 0 Å². The Labute approximate surface area is 191 Å². The monoisotopic (exact) mass is 452 g/mol. The lowest BCUT2D eigenvalue weighted by Crippen LogP contribution is -2.56. The van der Waals surface area contributed by atoms with Gasteiger partial charge in [-0.3, -0.25) is 19.2 Å². The number of hydrogen-bond donors (Lipinski definition) is 6. The normalized spacial score (nSPS) is 14.5. The smallest absolute Gasteiger partial charge is 0.252 e. The van der Waals surface area contributed by atoms with Crippen molar-refractivity contribution >= 4 is 23.6 Å². The molecule has 0 heterocycles. The maximum Gasteiger partial charge on any atom is 0.252 e. The SMILES string of the molecule is C#C[C@H](NC(=O)[C@H](CCCCN)NC(=O)[C@H](CCCCN)NC(=O)C(C)C(C)C)C(N)=O. The minimum absolute atomic E-state index is 0.104. The molecule has 1 unspecified atom stereocenters. The topological polar surface area (TPSA) is 182 Å². The molecule has 0 saturated carbocycles. The van der Waals surface area contributed by atoms with Crippen molar-refractivity contribution in [2.24, 2.45) is 29.0 Å². The number of carbonyl (C=O) groups is 4. The van der Waals surface area contributed by atoms with Crippen LogP contribution in [0.25, 0.3) is 0 Å². The maximum atomic E-state index is 13.0. The van der Waals surface area contributed by atoms with E-state index in [0.29, 0.717) is 45.2 Å². The largest absolute Gasteiger partial charge is 0.367 e. The zero-order valence-electron chi connectivity index (χ0n) is 19.5. The molecule has 0 aromatic heterocycles. The highest BCUT2D eigenvalue weighted by molar-refractivity contribution is 5.95. The van der Waals surface area contributed by atoms with Crippen LogP contribution in [-0.4, -0.2) is 54.8 Å². The van der Waals surface area contributed by atoms with E-state index in [9.17, 15) is 19.2 Å². The standard InChI is InChI=1S/C22H40N6O4/c1-5-16(19(25)29)26-21(31)18(11-7-9-13-24)28-22(32)17(10-6-8-12-23)27-20(30)15(4)14(2)3/h1,14-18H,6-13,23-24H2,2-4H3,(H2,25,29)(H,26,31)(H,27,30)(H,28,32)/t15?,16-,17-,18-/m0/s1. The number of primary amides is 1. The molecular weight excluding hydrogens is 412 g/mol. The van der Waals surface area contributed by atoms with Gasteiger partial charge in [0.1, 0.15) is 12.1 Å². The molecule has 10 heteroatoms. The minimum atomic E-state index is -1.29. The second-order valence-electron chi connectivity index (χ2n) is 8.23. The molecular formula is C22H40N6O4. The second-order valence-corrected chi connectivity index (χ2v) is 8.23. The van der Waals surface area contributed by atoms with Crippen LogP contribution in [0.3, 0.4) is 0 Å². The number of carbonyl (C=O) groups excluding carboxylic acids is 4. The summed E-state index contributed by atoms with van der Waals surface area (Å²) in [5.41, 5.74) is 16.3. The molecule has 0 radical (unpaired) electrons. The molecule has 4 atom stereocenters. The van der Waals surface area contributed by atoms with Crippen LogP contribution in [0.1, 0.15) is 59.3 Å². The average molecular weight is 453 g/mol. The third kappa shape index (κ3) is 11.1. The summed E-state index contributed by atoms with van der Waals surface area (Å²) in [7, 11) is 0. The average Bonchev–Trinajstić information content (AvgIpc) is 2.74. The quantitative estimate of drug-likeness (QED) is 0.130. The highest BCUT2D eigenvalue weighted by atomic mass is 16.2. The third-order valence-corrected chi connectivity index (χ3v) is 5.31. The fraction of sp³-hybridized carbons (Fsp3) is 0.727. The number of amides is 4. The molecule has 182 valence electrons. The van der Waals surface area contributed by atoms with Gasteiger partial charge < -0.3 is 33.2 Å². The fourth-order valence-electron chi connectivity index (χ4n) is 2.84. The zero-order valence-corrected chi connectivity index (χ0v) is 19.5. The predicted molar refractivity (Wildman–Crippen MR) is 124 cm³/mol. The number of rotatable bonds is 16. The molecule has 32 heavy (non-hydrogen) atoms. The Balaban J connectivity index is 5.44. The third-order valence-electron chi connectivity index (χ3n) is 5.31. The highest BCUT2D eigenvalue weighted by Gasteiger charge is 2.29. The first kappa shape index (κ1) is 29.4. The minimum Gasteiger partial charge on any atom is -0.367 e. The molecule has 0 spiro atoms. The van der Waals surface area contributed by atoms with Crippen molar-refractivity contribution in [1.82, 2.24) is 16.0 Å². The number of unbranched alkanes of at least 4 members (excludes halogenated alkanes) is 2. The molecule has 0 saturated heterocycles. The number of terminal acetylenes is 1.